The predicted octanol–water partition coefficient (Wildman–Crippen LogP) is 1.85. The van der Waals surface area contributed by atoms with Crippen LogP contribution in [0.3, 0.4) is 0 Å². The Balaban J connectivity index is 3.12. The van der Waals surface area contributed by atoms with Crippen molar-refractivity contribution >= 4 is 11.6 Å². The Kier molecular flexibility index (Phi) is 5.85. The van der Waals surface area contributed by atoms with Crippen molar-refractivity contribution in [1.29, 1.82) is 0 Å². The van der Waals surface area contributed by atoms with Crippen molar-refractivity contribution in [1.82, 2.24) is 9.97 Å². The number of nitrogens with zero attached hydrogens (tertiary/aromatic N) is 3. The van der Waals surface area contributed by atoms with E-state index in [1.807, 2.05) is 7.05 Å². The average Bonchev–Trinajstić information content (AvgIpc) is 2.38. The first-order valence-electron chi connectivity index (χ1n) is 6.54. The maximum Gasteiger partial charge on any atom is 0.137 e. The molecule has 102 valence electrons. The van der Waals surface area contributed by atoms with Crippen molar-refractivity contribution in [2.24, 2.45) is 0 Å². The van der Waals surface area contributed by atoms with E-state index in [0.717, 1.165) is 36.7 Å². The molecule has 0 aromatic carbocycles. The Morgan fingerprint density at radius 3 is 2.61 bits per heavy atom. The van der Waals surface area contributed by atoms with Crippen LogP contribution in [0.1, 0.15) is 38.7 Å². The van der Waals surface area contributed by atoms with Crippen LogP contribution in [0.4, 0.5) is 11.6 Å². The Morgan fingerprint density at radius 2 is 2.11 bits per heavy atom. The third kappa shape index (κ3) is 3.32. The highest BCUT2D eigenvalue weighted by Gasteiger charge is 2.18. The lowest BCUT2D eigenvalue weighted by atomic mass is 10.0. The third-order valence-corrected chi connectivity index (χ3v) is 2.94. The lowest BCUT2D eigenvalue weighted by molar-refractivity contribution is 0.289. The van der Waals surface area contributed by atoms with Gasteiger partial charge in [-0.2, -0.15) is 0 Å². The van der Waals surface area contributed by atoms with Crippen molar-refractivity contribution in [2.45, 2.75) is 33.1 Å². The molecule has 5 nitrogen and oxygen atoms in total. The fourth-order valence-corrected chi connectivity index (χ4v) is 2.04. The van der Waals surface area contributed by atoms with Crippen LogP contribution in [0.5, 0.6) is 0 Å². The lowest BCUT2D eigenvalue weighted by Crippen LogP contribution is -2.27. The highest BCUT2D eigenvalue weighted by atomic mass is 16.3. The number of aromatic nitrogens is 2. The Bertz CT molecular complexity index is 368. The zero-order chi connectivity index (χ0) is 13.5. The van der Waals surface area contributed by atoms with Gasteiger partial charge in [0.25, 0.3) is 0 Å². The van der Waals surface area contributed by atoms with E-state index in [0.29, 0.717) is 5.92 Å². The van der Waals surface area contributed by atoms with E-state index in [4.69, 9.17) is 5.11 Å². The van der Waals surface area contributed by atoms with Gasteiger partial charge >= 0.3 is 0 Å². The monoisotopic (exact) mass is 252 g/mol. The van der Waals surface area contributed by atoms with Crippen LogP contribution >= 0.6 is 0 Å². The molecule has 0 amide bonds. The number of hydrogen-bond donors (Lipinski definition) is 2. The topological polar surface area (TPSA) is 61.3 Å². The van der Waals surface area contributed by atoms with Gasteiger partial charge in [-0.3, -0.25) is 0 Å². The summed E-state index contributed by atoms with van der Waals surface area (Å²) in [6.07, 6.45) is 2.35. The van der Waals surface area contributed by atoms with Crippen LogP contribution < -0.4 is 10.2 Å². The van der Waals surface area contributed by atoms with E-state index < -0.39 is 0 Å². The van der Waals surface area contributed by atoms with Gasteiger partial charge in [-0.15, -0.1) is 0 Å². The molecule has 0 saturated carbocycles. The summed E-state index contributed by atoms with van der Waals surface area (Å²) in [6.45, 7) is 8.28. The Hall–Kier alpha value is -1.36. The highest BCUT2D eigenvalue weighted by Crippen LogP contribution is 2.30. The third-order valence-electron chi connectivity index (χ3n) is 2.94. The quantitative estimate of drug-likeness (QED) is 0.775. The van der Waals surface area contributed by atoms with Gasteiger partial charge in [-0.05, 0) is 19.3 Å². The molecule has 18 heavy (non-hydrogen) atoms. The molecule has 0 spiro atoms. The fourth-order valence-electron chi connectivity index (χ4n) is 2.04. The molecular formula is C13H24N4O. The minimum absolute atomic E-state index is 0.206. The minimum Gasteiger partial charge on any atom is -0.396 e. The first kappa shape index (κ1) is 14.7. The van der Waals surface area contributed by atoms with Crippen LogP contribution in [0.2, 0.25) is 0 Å². The van der Waals surface area contributed by atoms with Crippen LogP contribution in [0.25, 0.3) is 0 Å². The van der Waals surface area contributed by atoms with Crippen LogP contribution in [-0.2, 0) is 0 Å². The summed E-state index contributed by atoms with van der Waals surface area (Å²) in [7, 11) is 1.88. The molecule has 0 aliphatic rings. The molecule has 0 aliphatic carbocycles. The second kappa shape index (κ2) is 7.16. The predicted molar refractivity (Wildman–Crippen MR) is 75.3 cm³/mol. The van der Waals surface area contributed by atoms with Crippen molar-refractivity contribution in [3.05, 3.63) is 11.9 Å². The van der Waals surface area contributed by atoms with Gasteiger partial charge in [0.2, 0.25) is 0 Å². The summed E-state index contributed by atoms with van der Waals surface area (Å²) in [6, 6.07) is 0. The zero-order valence-electron chi connectivity index (χ0n) is 11.8. The van der Waals surface area contributed by atoms with E-state index in [2.05, 4.69) is 41.0 Å². The standard InChI is InChI=1S/C13H24N4O/c1-5-17(7-6-8-18)13-11(10(2)3)12(14-4)15-9-16-13/h9-10,18H,5-8H2,1-4H3,(H,14,15,16). The van der Waals surface area contributed by atoms with Gasteiger partial charge in [-0.1, -0.05) is 13.8 Å². The highest BCUT2D eigenvalue weighted by molar-refractivity contribution is 5.60. The first-order chi connectivity index (χ1) is 8.65. The molecule has 5 heteroatoms. The molecular weight excluding hydrogens is 228 g/mol. The van der Waals surface area contributed by atoms with Gasteiger partial charge in [0.05, 0.1) is 0 Å². The summed E-state index contributed by atoms with van der Waals surface area (Å²) in [5.74, 6) is 2.21. The molecule has 1 aromatic heterocycles. The molecule has 0 atom stereocenters. The number of anilines is 2. The van der Waals surface area contributed by atoms with Crippen molar-refractivity contribution in [2.75, 3.05) is 37.0 Å². The van der Waals surface area contributed by atoms with Crippen LogP contribution in [-0.4, -0.2) is 41.8 Å². The largest absolute Gasteiger partial charge is 0.396 e. The second-order valence-electron chi connectivity index (χ2n) is 4.52. The van der Waals surface area contributed by atoms with Gasteiger partial charge < -0.3 is 15.3 Å². The number of aliphatic hydroxyl groups excluding tert-OH is 1. The molecule has 0 unspecified atom stereocenters. The van der Waals surface area contributed by atoms with Crippen LogP contribution in [0.15, 0.2) is 6.33 Å². The maximum atomic E-state index is 8.97. The molecule has 0 bridgehead atoms. The van der Waals surface area contributed by atoms with Crippen molar-refractivity contribution < 1.29 is 5.11 Å². The number of nitrogens with one attached hydrogen (secondary N) is 1. The molecule has 2 N–H and O–H groups in total. The first-order valence-corrected chi connectivity index (χ1v) is 6.54. The fraction of sp³-hybridized carbons (Fsp3) is 0.692. The zero-order valence-corrected chi connectivity index (χ0v) is 11.8. The number of aliphatic hydroxyl groups is 1. The minimum atomic E-state index is 0.206. The molecule has 0 saturated heterocycles. The second-order valence-corrected chi connectivity index (χ2v) is 4.52. The molecule has 0 aliphatic heterocycles. The Labute approximate surface area is 109 Å². The van der Waals surface area contributed by atoms with Crippen molar-refractivity contribution in [3.63, 3.8) is 0 Å². The summed E-state index contributed by atoms with van der Waals surface area (Å²) in [4.78, 5) is 10.9. The maximum absolute atomic E-state index is 8.97. The van der Waals surface area contributed by atoms with E-state index in [1.54, 1.807) is 6.33 Å². The SMILES string of the molecule is CCN(CCCO)c1ncnc(NC)c1C(C)C. The van der Waals surface area contributed by atoms with Gasteiger partial charge in [0.1, 0.15) is 18.0 Å². The summed E-state index contributed by atoms with van der Waals surface area (Å²) in [5.41, 5.74) is 1.14. The number of rotatable bonds is 7. The molecule has 0 fully saturated rings. The van der Waals surface area contributed by atoms with E-state index >= 15 is 0 Å². The molecule has 1 rings (SSSR count). The molecule has 1 aromatic rings. The molecule has 0 radical (unpaired) electrons. The van der Waals surface area contributed by atoms with Gasteiger partial charge in [0, 0.05) is 32.3 Å². The van der Waals surface area contributed by atoms with E-state index in [1.165, 1.54) is 0 Å². The smallest absolute Gasteiger partial charge is 0.137 e. The van der Waals surface area contributed by atoms with Crippen LogP contribution in [0, 0.1) is 0 Å². The van der Waals surface area contributed by atoms with E-state index in [9.17, 15) is 0 Å². The van der Waals surface area contributed by atoms with Gasteiger partial charge in [-0.25, -0.2) is 9.97 Å². The van der Waals surface area contributed by atoms with E-state index in [-0.39, 0.29) is 6.61 Å². The summed E-state index contributed by atoms with van der Waals surface area (Å²) < 4.78 is 0. The summed E-state index contributed by atoms with van der Waals surface area (Å²) in [5, 5.41) is 12.1. The normalized spacial score (nSPS) is 10.8. The summed E-state index contributed by atoms with van der Waals surface area (Å²) >= 11 is 0. The average molecular weight is 252 g/mol. The number of hydrogen-bond acceptors (Lipinski definition) is 5. The Morgan fingerprint density at radius 1 is 1.39 bits per heavy atom. The molecule has 1 heterocycles. The van der Waals surface area contributed by atoms with Crippen molar-refractivity contribution in [3.8, 4) is 0 Å². The lowest BCUT2D eigenvalue weighted by Gasteiger charge is -2.26. The van der Waals surface area contributed by atoms with Gasteiger partial charge in [0.15, 0.2) is 0 Å².